The Morgan fingerprint density at radius 3 is 2.71 bits per heavy atom. The number of fused-ring (bicyclic) bond motifs is 1. The molecule has 0 aliphatic heterocycles. The number of aromatic nitrogens is 3. The number of halogens is 1. The fourth-order valence-corrected chi connectivity index (χ4v) is 3.26. The quantitative estimate of drug-likeness (QED) is 0.442. The molecule has 2 aromatic carbocycles. The number of carbonyl (C=O) groups is 2. The number of anilines is 1. The molecular formula is C22H18FN5O3. The van der Waals surface area contributed by atoms with E-state index in [1.54, 1.807) is 48.7 Å². The topological polar surface area (TPSA) is 123 Å². The maximum atomic E-state index is 14.0. The zero-order valence-corrected chi connectivity index (χ0v) is 16.2. The molecule has 0 aliphatic rings. The molecule has 0 saturated carbocycles. The SMILES string of the molecule is NCc1cc(F)cc(-c2nc(C(=O)Nc3ccccc3CC(=O)O)c3cccn3n2)c1. The van der Waals surface area contributed by atoms with Gasteiger partial charge in [-0.25, -0.2) is 13.9 Å². The van der Waals surface area contributed by atoms with Crippen molar-refractivity contribution in [1.82, 2.24) is 14.6 Å². The average molecular weight is 419 g/mol. The van der Waals surface area contributed by atoms with Gasteiger partial charge < -0.3 is 16.2 Å². The van der Waals surface area contributed by atoms with E-state index < -0.39 is 17.7 Å². The molecule has 9 heteroatoms. The molecule has 0 saturated heterocycles. The largest absolute Gasteiger partial charge is 0.481 e. The third kappa shape index (κ3) is 4.26. The van der Waals surface area contributed by atoms with E-state index in [1.165, 1.54) is 16.6 Å². The molecule has 0 unspecified atom stereocenters. The molecule has 1 amide bonds. The van der Waals surface area contributed by atoms with E-state index >= 15 is 0 Å². The molecule has 0 spiro atoms. The highest BCUT2D eigenvalue weighted by Crippen LogP contribution is 2.22. The van der Waals surface area contributed by atoms with E-state index in [9.17, 15) is 14.0 Å². The lowest BCUT2D eigenvalue weighted by Gasteiger charge is -2.11. The van der Waals surface area contributed by atoms with Crippen LogP contribution in [0, 0.1) is 5.82 Å². The smallest absolute Gasteiger partial charge is 0.307 e. The number of aliphatic carboxylic acids is 1. The molecule has 0 fully saturated rings. The lowest BCUT2D eigenvalue weighted by atomic mass is 10.1. The molecule has 8 nitrogen and oxygen atoms in total. The standard InChI is InChI=1S/C22H18FN5O3/c23-16-9-13(12-24)8-15(10-16)21-26-20(18-6-3-7-28(18)27-21)22(31)25-17-5-2-1-4-14(17)11-19(29)30/h1-10H,11-12,24H2,(H,25,31)(H,29,30). The predicted octanol–water partition coefficient (Wildman–Crippen LogP) is 2.87. The maximum absolute atomic E-state index is 14.0. The Morgan fingerprint density at radius 2 is 1.94 bits per heavy atom. The number of hydrogen-bond acceptors (Lipinski definition) is 5. The molecule has 0 radical (unpaired) electrons. The van der Waals surface area contributed by atoms with E-state index in [0.717, 1.165) is 0 Å². The van der Waals surface area contributed by atoms with Crippen LogP contribution in [0.4, 0.5) is 10.1 Å². The molecular weight excluding hydrogens is 401 g/mol. The molecule has 4 aromatic rings. The van der Waals surface area contributed by atoms with E-state index in [2.05, 4.69) is 15.4 Å². The summed E-state index contributed by atoms with van der Waals surface area (Å²) in [7, 11) is 0. The van der Waals surface area contributed by atoms with Crippen molar-refractivity contribution in [3.8, 4) is 11.4 Å². The predicted molar refractivity (Wildman–Crippen MR) is 112 cm³/mol. The van der Waals surface area contributed by atoms with Crippen LogP contribution in [0.2, 0.25) is 0 Å². The molecule has 4 rings (SSSR count). The van der Waals surface area contributed by atoms with E-state index in [4.69, 9.17) is 10.8 Å². The van der Waals surface area contributed by atoms with Gasteiger partial charge in [-0.15, -0.1) is 5.10 Å². The molecule has 0 atom stereocenters. The van der Waals surface area contributed by atoms with Crippen LogP contribution in [0.3, 0.4) is 0 Å². The summed E-state index contributed by atoms with van der Waals surface area (Å²) in [6.07, 6.45) is 1.41. The van der Waals surface area contributed by atoms with Gasteiger partial charge in [-0.2, -0.15) is 0 Å². The first-order chi connectivity index (χ1) is 14.9. The third-order valence-corrected chi connectivity index (χ3v) is 4.66. The number of nitrogens with two attached hydrogens (primary N) is 1. The van der Waals surface area contributed by atoms with Gasteiger partial charge in [0.15, 0.2) is 11.5 Å². The molecule has 2 heterocycles. The Morgan fingerprint density at radius 1 is 1.13 bits per heavy atom. The normalized spacial score (nSPS) is 10.9. The van der Waals surface area contributed by atoms with Crippen molar-refractivity contribution < 1.29 is 19.1 Å². The van der Waals surface area contributed by atoms with Gasteiger partial charge in [0.2, 0.25) is 0 Å². The van der Waals surface area contributed by atoms with Crippen molar-refractivity contribution in [3.05, 3.63) is 83.4 Å². The van der Waals surface area contributed by atoms with Gasteiger partial charge in [0.1, 0.15) is 5.82 Å². The zero-order valence-electron chi connectivity index (χ0n) is 16.2. The number of nitrogens with one attached hydrogen (secondary N) is 1. The maximum Gasteiger partial charge on any atom is 0.307 e. The van der Waals surface area contributed by atoms with Crippen molar-refractivity contribution in [2.24, 2.45) is 5.73 Å². The van der Waals surface area contributed by atoms with Crippen LogP contribution in [0.25, 0.3) is 16.9 Å². The molecule has 0 bridgehead atoms. The summed E-state index contributed by atoms with van der Waals surface area (Å²) in [5.74, 6) is -1.88. The van der Waals surface area contributed by atoms with Crippen LogP contribution < -0.4 is 11.1 Å². The molecule has 0 aliphatic carbocycles. The van der Waals surface area contributed by atoms with Gasteiger partial charge in [-0.1, -0.05) is 18.2 Å². The number of para-hydroxylation sites is 1. The first kappa shape index (κ1) is 20.2. The number of benzene rings is 2. The average Bonchev–Trinajstić information content (AvgIpc) is 3.22. The highest BCUT2D eigenvalue weighted by Gasteiger charge is 2.18. The monoisotopic (exact) mass is 419 g/mol. The Bertz CT molecular complexity index is 1300. The van der Waals surface area contributed by atoms with Gasteiger partial charge in [0.25, 0.3) is 5.91 Å². The number of carboxylic acid groups (broad SMARTS) is 1. The second-order valence-corrected chi connectivity index (χ2v) is 6.86. The summed E-state index contributed by atoms with van der Waals surface area (Å²) in [5, 5.41) is 16.2. The number of hydrogen-bond donors (Lipinski definition) is 3. The van der Waals surface area contributed by atoms with Crippen LogP contribution in [-0.2, 0) is 17.8 Å². The van der Waals surface area contributed by atoms with Crippen LogP contribution in [0.15, 0.2) is 60.8 Å². The second kappa shape index (κ2) is 8.33. The number of carbonyl (C=O) groups excluding carboxylic acids is 1. The number of rotatable bonds is 6. The summed E-state index contributed by atoms with van der Waals surface area (Å²) in [6, 6.07) is 14.3. The molecule has 4 N–H and O–H groups in total. The Hall–Kier alpha value is -4.11. The van der Waals surface area contributed by atoms with E-state index in [1.807, 2.05) is 0 Å². The zero-order chi connectivity index (χ0) is 22.0. The second-order valence-electron chi connectivity index (χ2n) is 6.86. The number of amides is 1. The minimum Gasteiger partial charge on any atom is -0.481 e. The minimum absolute atomic E-state index is 0.0682. The van der Waals surface area contributed by atoms with Crippen LogP contribution in [0.5, 0.6) is 0 Å². The van der Waals surface area contributed by atoms with Gasteiger partial charge in [-0.3, -0.25) is 9.59 Å². The molecule has 156 valence electrons. The van der Waals surface area contributed by atoms with E-state index in [0.29, 0.717) is 27.9 Å². The van der Waals surface area contributed by atoms with Gasteiger partial charge >= 0.3 is 5.97 Å². The minimum atomic E-state index is -1.01. The van der Waals surface area contributed by atoms with Crippen LogP contribution in [-0.4, -0.2) is 31.6 Å². The fraction of sp³-hybridized carbons (Fsp3) is 0.0909. The van der Waals surface area contributed by atoms with Crippen molar-refractivity contribution in [2.45, 2.75) is 13.0 Å². The lowest BCUT2D eigenvalue weighted by Crippen LogP contribution is -2.18. The van der Waals surface area contributed by atoms with Crippen molar-refractivity contribution >= 4 is 23.1 Å². The van der Waals surface area contributed by atoms with Gasteiger partial charge in [0, 0.05) is 24.0 Å². The fourth-order valence-electron chi connectivity index (χ4n) is 3.26. The van der Waals surface area contributed by atoms with Crippen molar-refractivity contribution in [2.75, 3.05) is 5.32 Å². The summed E-state index contributed by atoms with van der Waals surface area (Å²) in [4.78, 5) is 28.6. The number of nitrogens with zero attached hydrogens (tertiary/aromatic N) is 3. The highest BCUT2D eigenvalue weighted by molar-refractivity contribution is 6.08. The van der Waals surface area contributed by atoms with Gasteiger partial charge in [-0.05, 0) is 47.5 Å². The summed E-state index contributed by atoms with van der Waals surface area (Å²) >= 11 is 0. The molecule has 2 aromatic heterocycles. The van der Waals surface area contributed by atoms with Crippen LogP contribution in [0.1, 0.15) is 21.6 Å². The third-order valence-electron chi connectivity index (χ3n) is 4.66. The van der Waals surface area contributed by atoms with Gasteiger partial charge in [0.05, 0.1) is 11.9 Å². The Balaban J connectivity index is 1.76. The molecule has 31 heavy (non-hydrogen) atoms. The summed E-state index contributed by atoms with van der Waals surface area (Å²) in [6.45, 7) is 0.143. The Kier molecular flexibility index (Phi) is 5.42. The van der Waals surface area contributed by atoms with E-state index in [-0.39, 0.29) is 24.5 Å². The van der Waals surface area contributed by atoms with Crippen molar-refractivity contribution in [1.29, 1.82) is 0 Å². The lowest BCUT2D eigenvalue weighted by molar-refractivity contribution is -0.136. The first-order valence-corrected chi connectivity index (χ1v) is 9.41. The van der Waals surface area contributed by atoms with Crippen LogP contribution >= 0.6 is 0 Å². The Labute approximate surface area is 176 Å². The number of carboxylic acids is 1. The summed E-state index contributed by atoms with van der Waals surface area (Å²) in [5.41, 5.74) is 7.94. The summed E-state index contributed by atoms with van der Waals surface area (Å²) < 4.78 is 15.5. The van der Waals surface area contributed by atoms with Crippen molar-refractivity contribution in [3.63, 3.8) is 0 Å². The first-order valence-electron chi connectivity index (χ1n) is 9.41. The highest BCUT2D eigenvalue weighted by atomic mass is 19.1.